The average molecular weight is 210 g/mol. The molecule has 2 amide bonds. The Labute approximate surface area is 90.3 Å². The Morgan fingerprint density at radius 3 is 2.73 bits per heavy atom. The van der Waals surface area contributed by atoms with Crippen LogP contribution < -0.4 is 5.32 Å². The summed E-state index contributed by atoms with van der Waals surface area (Å²) in [6.45, 7) is 7.99. The Bertz CT molecular complexity index is 274. The maximum absolute atomic E-state index is 11.8. The van der Waals surface area contributed by atoms with E-state index in [1.54, 1.807) is 6.08 Å². The van der Waals surface area contributed by atoms with Gasteiger partial charge in [0, 0.05) is 6.04 Å². The van der Waals surface area contributed by atoms with Gasteiger partial charge in [-0.1, -0.05) is 6.08 Å². The smallest absolute Gasteiger partial charge is 0.247 e. The van der Waals surface area contributed by atoms with Crippen LogP contribution >= 0.6 is 0 Å². The lowest BCUT2D eigenvalue weighted by Crippen LogP contribution is -2.42. The van der Waals surface area contributed by atoms with Crippen LogP contribution in [0.25, 0.3) is 0 Å². The summed E-state index contributed by atoms with van der Waals surface area (Å²) in [6.07, 6.45) is 2.88. The number of carbonyl (C=O) groups is 2. The molecule has 1 unspecified atom stereocenters. The van der Waals surface area contributed by atoms with Crippen molar-refractivity contribution in [2.45, 2.75) is 38.8 Å². The van der Waals surface area contributed by atoms with Gasteiger partial charge in [0.05, 0.1) is 12.5 Å². The second kappa shape index (κ2) is 5.07. The van der Waals surface area contributed by atoms with Crippen LogP contribution in [0, 0.1) is 0 Å². The third-order valence-corrected chi connectivity index (χ3v) is 2.44. The van der Waals surface area contributed by atoms with Gasteiger partial charge in [-0.3, -0.25) is 14.5 Å². The molecule has 1 aliphatic heterocycles. The monoisotopic (exact) mass is 210 g/mol. The van der Waals surface area contributed by atoms with E-state index in [1.165, 1.54) is 4.90 Å². The Morgan fingerprint density at radius 1 is 1.60 bits per heavy atom. The zero-order valence-corrected chi connectivity index (χ0v) is 9.32. The molecule has 0 aliphatic carbocycles. The van der Waals surface area contributed by atoms with Crippen molar-refractivity contribution in [1.29, 1.82) is 0 Å². The first-order valence-electron chi connectivity index (χ1n) is 5.28. The van der Waals surface area contributed by atoms with Crippen LogP contribution in [0.15, 0.2) is 12.7 Å². The third kappa shape index (κ3) is 2.65. The standard InChI is InChI=1S/C11H18N2O2/c1-4-5-6-12-9-7-10(14)13(8(2)3)11(9)15/h4,8-9,12H,1,5-7H2,2-3H3. The summed E-state index contributed by atoms with van der Waals surface area (Å²) in [5, 5.41) is 3.06. The van der Waals surface area contributed by atoms with Crippen LogP contribution in [0.5, 0.6) is 0 Å². The summed E-state index contributed by atoms with van der Waals surface area (Å²) in [6, 6.07) is -0.379. The van der Waals surface area contributed by atoms with E-state index in [1.807, 2.05) is 13.8 Å². The first kappa shape index (κ1) is 11.9. The molecule has 1 rings (SSSR count). The molecule has 1 N–H and O–H groups in total. The third-order valence-electron chi connectivity index (χ3n) is 2.44. The number of rotatable bonds is 5. The molecule has 0 aromatic heterocycles. The van der Waals surface area contributed by atoms with E-state index in [0.29, 0.717) is 6.54 Å². The topological polar surface area (TPSA) is 49.4 Å². The normalized spacial score (nSPS) is 21.5. The predicted octanol–water partition coefficient (Wildman–Crippen LogP) is 0.688. The first-order valence-corrected chi connectivity index (χ1v) is 5.28. The maximum Gasteiger partial charge on any atom is 0.247 e. The number of amides is 2. The zero-order valence-electron chi connectivity index (χ0n) is 9.32. The van der Waals surface area contributed by atoms with Crippen LogP contribution in [0.4, 0.5) is 0 Å². The highest BCUT2D eigenvalue weighted by Gasteiger charge is 2.39. The minimum absolute atomic E-state index is 0.0452. The quantitative estimate of drug-likeness (QED) is 0.412. The maximum atomic E-state index is 11.8. The number of hydrogen-bond acceptors (Lipinski definition) is 3. The summed E-state index contributed by atoms with van der Waals surface area (Å²) < 4.78 is 0. The van der Waals surface area contributed by atoms with Crippen LogP contribution in [-0.2, 0) is 9.59 Å². The molecule has 0 spiro atoms. The molecule has 0 bridgehead atoms. The average Bonchev–Trinajstić information content (AvgIpc) is 2.42. The molecule has 1 atom stereocenters. The zero-order chi connectivity index (χ0) is 11.4. The fourth-order valence-corrected chi connectivity index (χ4v) is 1.71. The van der Waals surface area contributed by atoms with Gasteiger partial charge in [-0.2, -0.15) is 0 Å². The van der Waals surface area contributed by atoms with Crippen molar-refractivity contribution in [3.05, 3.63) is 12.7 Å². The lowest BCUT2D eigenvalue weighted by atomic mass is 10.2. The van der Waals surface area contributed by atoms with Crippen LogP contribution in [0.2, 0.25) is 0 Å². The van der Waals surface area contributed by atoms with Crippen molar-refractivity contribution in [2.75, 3.05) is 6.54 Å². The minimum Gasteiger partial charge on any atom is -0.305 e. The van der Waals surface area contributed by atoms with Crippen LogP contribution in [-0.4, -0.2) is 35.3 Å². The number of imide groups is 1. The Balaban J connectivity index is 2.53. The number of carbonyl (C=O) groups excluding carboxylic acids is 2. The van der Waals surface area contributed by atoms with E-state index >= 15 is 0 Å². The summed E-state index contributed by atoms with van der Waals surface area (Å²) in [4.78, 5) is 24.6. The molecule has 84 valence electrons. The second-order valence-electron chi connectivity index (χ2n) is 3.98. The number of hydrogen-bond donors (Lipinski definition) is 1. The van der Waals surface area contributed by atoms with Gasteiger partial charge in [0.2, 0.25) is 11.8 Å². The summed E-state index contributed by atoms with van der Waals surface area (Å²) in [5.41, 5.74) is 0. The molecule has 4 nitrogen and oxygen atoms in total. The molecule has 0 saturated carbocycles. The highest BCUT2D eigenvalue weighted by atomic mass is 16.2. The van der Waals surface area contributed by atoms with Gasteiger partial charge >= 0.3 is 0 Å². The van der Waals surface area contributed by atoms with Crippen molar-refractivity contribution in [2.24, 2.45) is 0 Å². The van der Waals surface area contributed by atoms with E-state index in [2.05, 4.69) is 11.9 Å². The van der Waals surface area contributed by atoms with Crippen molar-refractivity contribution in [3.63, 3.8) is 0 Å². The number of nitrogens with zero attached hydrogens (tertiary/aromatic N) is 1. The molecule has 4 heteroatoms. The van der Waals surface area contributed by atoms with Gasteiger partial charge in [0.1, 0.15) is 0 Å². The SMILES string of the molecule is C=CCCNC1CC(=O)N(C(C)C)C1=O. The highest BCUT2D eigenvalue weighted by Crippen LogP contribution is 2.15. The van der Waals surface area contributed by atoms with Gasteiger partial charge in [-0.05, 0) is 26.8 Å². The molecule has 1 fully saturated rings. The van der Waals surface area contributed by atoms with Crippen molar-refractivity contribution >= 4 is 11.8 Å². The number of nitrogens with one attached hydrogen (secondary N) is 1. The fraction of sp³-hybridized carbons (Fsp3) is 0.636. The van der Waals surface area contributed by atoms with E-state index < -0.39 is 0 Å². The second-order valence-corrected chi connectivity index (χ2v) is 3.98. The first-order chi connectivity index (χ1) is 7.07. The molecular weight excluding hydrogens is 192 g/mol. The van der Waals surface area contributed by atoms with Gasteiger partial charge in [-0.15, -0.1) is 6.58 Å². The van der Waals surface area contributed by atoms with Gasteiger partial charge in [0.25, 0.3) is 0 Å². The molecule has 1 saturated heterocycles. The van der Waals surface area contributed by atoms with E-state index in [-0.39, 0.29) is 30.3 Å². The summed E-state index contributed by atoms with van der Waals surface area (Å²) in [5.74, 6) is -0.176. The Kier molecular flexibility index (Phi) is 4.03. The highest BCUT2D eigenvalue weighted by molar-refractivity contribution is 6.05. The van der Waals surface area contributed by atoms with E-state index in [4.69, 9.17) is 0 Å². The predicted molar refractivity (Wildman–Crippen MR) is 58.2 cm³/mol. The Morgan fingerprint density at radius 2 is 2.27 bits per heavy atom. The largest absolute Gasteiger partial charge is 0.305 e. The van der Waals surface area contributed by atoms with Gasteiger partial charge < -0.3 is 5.32 Å². The summed E-state index contributed by atoms with van der Waals surface area (Å²) in [7, 11) is 0. The molecule has 0 aromatic carbocycles. The van der Waals surface area contributed by atoms with Gasteiger partial charge in [0.15, 0.2) is 0 Å². The molecular formula is C11H18N2O2. The van der Waals surface area contributed by atoms with E-state index in [0.717, 1.165) is 6.42 Å². The fourth-order valence-electron chi connectivity index (χ4n) is 1.71. The lowest BCUT2D eigenvalue weighted by molar-refractivity contribution is -0.140. The Hall–Kier alpha value is -1.16. The number of likely N-dealkylation sites (tertiary alicyclic amines) is 1. The van der Waals surface area contributed by atoms with Gasteiger partial charge in [-0.25, -0.2) is 0 Å². The molecule has 15 heavy (non-hydrogen) atoms. The molecule has 1 aliphatic rings. The van der Waals surface area contributed by atoms with Crippen molar-refractivity contribution in [3.8, 4) is 0 Å². The molecule has 0 radical (unpaired) electrons. The van der Waals surface area contributed by atoms with Crippen LogP contribution in [0.1, 0.15) is 26.7 Å². The van der Waals surface area contributed by atoms with Crippen LogP contribution in [0.3, 0.4) is 0 Å². The van der Waals surface area contributed by atoms with E-state index in [9.17, 15) is 9.59 Å². The molecule has 0 aromatic rings. The minimum atomic E-state index is -0.333. The van der Waals surface area contributed by atoms with Crippen molar-refractivity contribution < 1.29 is 9.59 Å². The molecule has 1 heterocycles. The van der Waals surface area contributed by atoms with Crippen molar-refractivity contribution in [1.82, 2.24) is 10.2 Å². The summed E-state index contributed by atoms with van der Waals surface area (Å²) >= 11 is 0. The lowest BCUT2D eigenvalue weighted by Gasteiger charge is -2.19.